The number of carbonyl (C=O) groups excluding carboxylic acids is 2. The summed E-state index contributed by atoms with van der Waals surface area (Å²) in [5.41, 5.74) is 6.69. The first-order valence-electron chi connectivity index (χ1n) is 11.1. The van der Waals surface area contributed by atoms with Gasteiger partial charge in [0.25, 0.3) is 0 Å². The van der Waals surface area contributed by atoms with Gasteiger partial charge in [0, 0.05) is 24.5 Å². The fourth-order valence-electron chi connectivity index (χ4n) is 4.66. The molecule has 2 unspecified atom stereocenters. The van der Waals surface area contributed by atoms with Crippen molar-refractivity contribution in [2.75, 3.05) is 30.4 Å². The maximum absolute atomic E-state index is 13.7. The molecule has 0 aliphatic carbocycles. The van der Waals surface area contributed by atoms with Gasteiger partial charge in [-0.25, -0.2) is 9.82 Å². The lowest BCUT2D eigenvalue weighted by molar-refractivity contribution is -0.135. The number of anilines is 2. The van der Waals surface area contributed by atoms with Gasteiger partial charge in [-0.2, -0.15) is 0 Å². The van der Waals surface area contributed by atoms with E-state index in [0.29, 0.717) is 24.5 Å². The molecule has 0 saturated carbocycles. The molecule has 34 heavy (non-hydrogen) atoms. The Morgan fingerprint density at radius 3 is 2.68 bits per heavy atom. The number of hydrogen-bond acceptors (Lipinski definition) is 5. The lowest BCUT2D eigenvalue weighted by Crippen LogP contribution is -2.41. The average molecular weight is 461 g/mol. The number of rotatable bonds is 6. The summed E-state index contributed by atoms with van der Waals surface area (Å²) in [7, 11) is 1.58. The molecule has 0 spiro atoms. The van der Waals surface area contributed by atoms with Gasteiger partial charge in [-0.3, -0.25) is 14.6 Å². The summed E-state index contributed by atoms with van der Waals surface area (Å²) in [4.78, 5) is 28.0. The molecule has 3 aromatic rings. The van der Waals surface area contributed by atoms with Crippen molar-refractivity contribution in [1.29, 1.82) is 0 Å². The van der Waals surface area contributed by atoms with Crippen LogP contribution in [0, 0.1) is 11.7 Å². The minimum absolute atomic E-state index is 0.107. The number of hydrazine groups is 1. The van der Waals surface area contributed by atoms with Crippen LogP contribution in [-0.4, -0.2) is 37.0 Å². The molecule has 2 aliphatic heterocycles. The second-order valence-corrected chi connectivity index (χ2v) is 8.48. The van der Waals surface area contributed by atoms with E-state index in [9.17, 15) is 14.0 Å². The van der Waals surface area contributed by atoms with E-state index in [2.05, 4.69) is 15.6 Å². The first kappa shape index (κ1) is 21.9. The number of fused-ring (bicyclic) bond motifs is 3. The van der Waals surface area contributed by atoms with Crippen LogP contribution in [-0.2, 0) is 16.1 Å². The zero-order valence-electron chi connectivity index (χ0n) is 18.7. The van der Waals surface area contributed by atoms with E-state index >= 15 is 0 Å². The van der Waals surface area contributed by atoms with Gasteiger partial charge >= 0.3 is 0 Å². The lowest BCUT2D eigenvalue weighted by Gasteiger charge is -2.36. The molecule has 2 heterocycles. The Morgan fingerprint density at radius 1 is 1.12 bits per heavy atom. The first-order valence-corrected chi connectivity index (χ1v) is 11.1. The molecule has 5 rings (SSSR count). The molecular weight excluding hydrogens is 435 g/mol. The number of para-hydroxylation sites is 1. The second kappa shape index (κ2) is 9.15. The van der Waals surface area contributed by atoms with Crippen molar-refractivity contribution in [1.82, 2.24) is 10.4 Å². The van der Waals surface area contributed by atoms with Gasteiger partial charge in [0.05, 0.1) is 19.1 Å². The first-order chi connectivity index (χ1) is 16.5. The Kier molecular flexibility index (Phi) is 5.90. The second-order valence-electron chi connectivity index (χ2n) is 8.48. The number of nitrogens with one attached hydrogen (secondary N) is 2. The molecule has 0 radical (unpaired) electrons. The molecule has 7 nitrogen and oxygen atoms in total. The number of ether oxygens (including phenoxy) is 1. The molecule has 174 valence electrons. The van der Waals surface area contributed by atoms with Crippen molar-refractivity contribution < 1.29 is 18.7 Å². The molecule has 2 amide bonds. The fraction of sp³-hybridized carbons (Fsp3) is 0.231. The third kappa shape index (κ3) is 4.32. The smallest absolute Gasteiger partial charge is 0.245 e. The Morgan fingerprint density at radius 2 is 1.91 bits per heavy atom. The highest BCUT2D eigenvalue weighted by atomic mass is 19.1. The SMILES string of the molecule is COc1ccc(NC(=O)CN2NC3c4ccccc4N(Cc4cccc(F)c4)CC3C2=O)cc1. The fourth-order valence-corrected chi connectivity index (χ4v) is 4.66. The predicted molar refractivity (Wildman–Crippen MR) is 127 cm³/mol. The molecule has 8 heteroatoms. The van der Waals surface area contributed by atoms with Crippen LogP contribution in [0.4, 0.5) is 15.8 Å². The van der Waals surface area contributed by atoms with Gasteiger partial charge in [0.1, 0.15) is 18.1 Å². The van der Waals surface area contributed by atoms with Crippen molar-refractivity contribution in [2.24, 2.45) is 5.92 Å². The van der Waals surface area contributed by atoms with E-state index in [-0.39, 0.29) is 36.1 Å². The Balaban J connectivity index is 1.31. The molecule has 2 aliphatic rings. The normalized spacial score (nSPS) is 18.9. The van der Waals surface area contributed by atoms with Crippen LogP contribution in [0.2, 0.25) is 0 Å². The molecule has 0 aromatic heterocycles. The quantitative estimate of drug-likeness (QED) is 0.589. The minimum atomic E-state index is -0.350. The van der Waals surface area contributed by atoms with Gasteiger partial charge in [0.2, 0.25) is 11.8 Å². The van der Waals surface area contributed by atoms with Crippen molar-refractivity contribution in [3.63, 3.8) is 0 Å². The molecular formula is C26H25FN4O3. The van der Waals surface area contributed by atoms with Crippen molar-refractivity contribution in [2.45, 2.75) is 12.6 Å². The maximum atomic E-state index is 13.7. The predicted octanol–water partition coefficient (Wildman–Crippen LogP) is 3.50. The standard InChI is InChI=1S/C26H25FN4O3/c1-34-20-11-9-19(10-12-20)28-24(32)16-31-26(33)22-15-30(14-17-5-4-6-18(27)13-17)23-8-3-2-7-21(23)25(22)29-31/h2-13,22,25,29H,14-16H2,1H3,(H,28,32). The summed E-state index contributed by atoms with van der Waals surface area (Å²) >= 11 is 0. The van der Waals surface area contributed by atoms with Crippen LogP contribution < -0.4 is 20.4 Å². The summed E-state index contributed by atoms with van der Waals surface area (Å²) in [5, 5.41) is 4.21. The van der Waals surface area contributed by atoms with E-state index in [0.717, 1.165) is 16.8 Å². The Bertz CT molecular complexity index is 1220. The van der Waals surface area contributed by atoms with Crippen LogP contribution in [0.25, 0.3) is 0 Å². The van der Waals surface area contributed by atoms with Gasteiger partial charge in [-0.15, -0.1) is 0 Å². The molecule has 1 fully saturated rings. The van der Waals surface area contributed by atoms with E-state index in [4.69, 9.17) is 4.74 Å². The molecule has 3 aromatic carbocycles. The third-order valence-electron chi connectivity index (χ3n) is 6.25. The van der Waals surface area contributed by atoms with E-state index in [1.54, 1.807) is 37.4 Å². The van der Waals surface area contributed by atoms with Crippen LogP contribution in [0.3, 0.4) is 0 Å². The van der Waals surface area contributed by atoms with Gasteiger partial charge in [-0.1, -0.05) is 30.3 Å². The third-order valence-corrected chi connectivity index (χ3v) is 6.25. The highest BCUT2D eigenvalue weighted by Crippen LogP contribution is 2.41. The number of methoxy groups -OCH3 is 1. The monoisotopic (exact) mass is 460 g/mol. The molecule has 2 N–H and O–H groups in total. The topological polar surface area (TPSA) is 73.9 Å². The van der Waals surface area contributed by atoms with E-state index in [1.165, 1.54) is 17.1 Å². The number of amides is 2. The van der Waals surface area contributed by atoms with Gasteiger partial charge in [-0.05, 0) is 53.6 Å². The maximum Gasteiger partial charge on any atom is 0.245 e. The molecule has 2 atom stereocenters. The zero-order valence-corrected chi connectivity index (χ0v) is 18.7. The van der Waals surface area contributed by atoms with Crippen molar-refractivity contribution in [3.8, 4) is 5.75 Å². The van der Waals surface area contributed by atoms with Crippen LogP contribution in [0.15, 0.2) is 72.8 Å². The molecule has 0 bridgehead atoms. The largest absolute Gasteiger partial charge is 0.497 e. The highest BCUT2D eigenvalue weighted by molar-refractivity contribution is 5.95. The lowest BCUT2D eigenvalue weighted by atomic mass is 9.88. The van der Waals surface area contributed by atoms with Gasteiger partial charge in [0.15, 0.2) is 0 Å². The van der Waals surface area contributed by atoms with Gasteiger partial charge < -0.3 is 15.0 Å². The number of hydrogen-bond donors (Lipinski definition) is 2. The zero-order chi connectivity index (χ0) is 23.7. The number of halogens is 1. The summed E-state index contributed by atoms with van der Waals surface area (Å²) < 4.78 is 18.9. The summed E-state index contributed by atoms with van der Waals surface area (Å²) in [5.74, 6) is -0.367. The number of benzene rings is 3. The van der Waals surface area contributed by atoms with Crippen molar-refractivity contribution >= 4 is 23.2 Å². The average Bonchev–Trinajstić information content (AvgIpc) is 3.15. The van der Waals surface area contributed by atoms with Crippen LogP contribution in [0.1, 0.15) is 17.2 Å². The van der Waals surface area contributed by atoms with Crippen LogP contribution in [0.5, 0.6) is 5.75 Å². The highest BCUT2D eigenvalue weighted by Gasteiger charge is 2.46. The van der Waals surface area contributed by atoms with E-state index in [1.807, 2.05) is 30.3 Å². The van der Waals surface area contributed by atoms with E-state index < -0.39 is 0 Å². The Labute approximate surface area is 197 Å². The van der Waals surface area contributed by atoms with Crippen LogP contribution >= 0.6 is 0 Å². The number of nitrogens with zero attached hydrogens (tertiary/aromatic N) is 2. The van der Waals surface area contributed by atoms with Crippen molar-refractivity contribution in [3.05, 3.63) is 89.7 Å². The Hall–Kier alpha value is -3.91. The summed E-state index contributed by atoms with van der Waals surface area (Å²) in [6.07, 6.45) is 0. The number of carbonyl (C=O) groups is 2. The minimum Gasteiger partial charge on any atom is -0.497 e. The summed E-state index contributed by atoms with van der Waals surface area (Å²) in [6, 6.07) is 21.2. The molecule has 1 saturated heterocycles. The summed E-state index contributed by atoms with van der Waals surface area (Å²) in [6.45, 7) is 0.855.